The van der Waals surface area contributed by atoms with Crippen molar-refractivity contribution >= 4 is 17.0 Å². The monoisotopic (exact) mass is 315 g/mol. The van der Waals surface area contributed by atoms with E-state index in [1.807, 2.05) is 25.2 Å². The van der Waals surface area contributed by atoms with Crippen LogP contribution in [0, 0.1) is 5.92 Å². The number of ether oxygens (including phenoxy) is 1. The first kappa shape index (κ1) is 15.6. The van der Waals surface area contributed by atoms with E-state index in [2.05, 4.69) is 26.4 Å². The van der Waals surface area contributed by atoms with Crippen molar-refractivity contribution in [2.24, 2.45) is 23.7 Å². The van der Waals surface area contributed by atoms with E-state index in [1.165, 1.54) is 12.8 Å². The van der Waals surface area contributed by atoms with Crippen molar-refractivity contribution in [1.82, 2.24) is 14.5 Å². The number of aryl methyl sites for hydroxylation is 1. The largest absolute Gasteiger partial charge is 0.497 e. The van der Waals surface area contributed by atoms with Crippen molar-refractivity contribution in [2.75, 3.05) is 20.2 Å². The zero-order valence-corrected chi connectivity index (χ0v) is 14.1. The maximum Gasteiger partial charge on any atom is 0.191 e. The molecule has 2 aromatic rings. The van der Waals surface area contributed by atoms with Crippen LogP contribution in [-0.2, 0) is 13.6 Å². The molecule has 1 aliphatic rings. The van der Waals surface area contributed by atoms with Crippen LogP contribution >= 0.6 is 0 Å². The summed E-state index contributed by atoms with van der Waals surface area (Å²) in [4.78, 5) is 11.4. The van der Waals surface area contributed by atoms with Gasteiger partial charge in [-0.05, 0) is 30.9 Å². The normalized spacial score (nSPS) is 17.0. The molecule has 0 saturated carbocycles. The molecule has 0 radical (unpaired) electrons. The van der Waals surface area contributed by atoms with Gasteiger partial charge < -0.3 is 19.9 Å². The summed E-state index contributed by atoms with van der Waals surface area (Å²) in [6, 6.07) is 5.90. The number of aliphatic imine (C=N–C) groups is 1. The molecule has 0 bridgehead atoms. The summed E-state index contributed by atoms with van der Waals surface area (Å²) in [5, 5.41) is 0. The first-order valence-corrected chi connectivity index (χ1v) is 8.12. The van der Waals surface area contributed by atoms with E-state index in [1.54, 1.807) is 7.11 Å². The lowest BCUT2D eigenvalue weighted by atomic mass is 10.00. The molecule has 0 amide bonds. The Bertz CT molecular complexity index is 713. The van der Waals surface area contributed by atoms with Crippen LogP contribution in [-0.4, -0.2) is 40.6 Å². The number of rotatable bonds is 3. The number of methoxy groups -OCH3 is 1. The molecule has 0 unspecified atom stereocenters. The first-order chi connectivity index (χ1) is 11.1. The molecule has 2 N–H and O–H groups in total. The highest BCUT2D eigenvalue weighted by Crippen LogP contribution is 2.21. The van der Waals surface area contributed by atoms with Gasteiger partial charge in [0.1, 0.15) is 18.1 Å². The van der Waals surface area contributed by atoms with Crippen LogP contribution in [0.15, 0.2) is 23.2 Å². The zero-order valence-electron chi connectivity index (χ0n) is 14.1. The lowest BCUT2D eigenvalue weighted by Crippen LogP contribution is -2.42. The van der Waals surface area contributed by atoms with Crippen LogP contribution in [0.2, 0.25) is 0 Å². The third-order valence-corrected chi connectivity index (χ3v) is 4.67. The number of piperidine rings is 1. The number of hydrogen-bond donors (Lipinski definition) is 1. The number of nitrogens with two attached hydrogens (primary N) is 1. The molecule has 1 fully saturated rings. The Kier molecular flexibility index (Phi) is 4.41. The van der Waals surface area contributed by atoms with Crippen LogP contribution in [0.5, 0.6) is 5.75 Å². The second kappa shape index (κ2) is 6.48. The molecule has 2 heterocycles. The number of aromatic nitrogens is 2. The minimum atomic E-state index is 0.491. The van der Waals surface area contributed by atoms with E-state index in [-0.39, 0.29) is 0 Å². The van der Waals surface area contributed by atoms with Gasteiger partial charge in [0.2, 0.25) is 0 Å². The molecule has 6 nitrogen and oxygen atoms in total. The number of nitrogens with zero attached hydrogens (tertiary/aromatic N) is 4. The third-order valence-electron chi connectivity index (χ3n) is 4.67. The molecule has 1 saturated heterocycles. The molecule has 124 valence electrons. The minimum Gasteiger partial charge on any atom is -0.497 e. The highest BCUT2D eigenvalue weighted by Gasteiger charge is 2.17. The Morgan fingerprint density at radius 1 is 1.39 bits per heavy atom. The first-order valence-electron chi connectivity index (χ1n) is 8.12. The molecule has 1 aliphatic heterocycles. The molecule has 1 aromatic carbocycles. The third kappa shape index (κ3) is 3.25. The maximum atomic E-state index is 6.15. The fourth-order valence-electron chi connectivity index (χ4n) is 2.99. The molecule has 1 aromatic heterocycles. The van der Waals surface area contributed by atoms with Gasteiger partial charge in [0.15, 0.2) is 5.96 Å². The highest BCUT2D eigenvalue weighted by molar-refractivity contribution is 5.79. The zero-order chi connectivity index (χ0) is 16.4. The van der Waals surface area contributed by atoms with Crippen molar-refractivity contribution in [3.63, 3.8) is 0 Å². The van der Waals surface area contributed by atoms with Crippen LogP contribution in [0.4, 0.5) is 0 Å². The van der Waals surface area contributed by atoms with Crippen molar-refractivity contribution in [2.45, 2.75) is 26.3 Å². The number of hydrogen-bond acceptors (Lipinski definition) is 3. The summed E-state index contributed by atoms with van der Waals surface area (Å²) >= 11 is 0. The standard InChI is InChI=1S/C17H25N5O/c1-12-6-8-22(9-7-12)17(18)19-11-16-20-14-10-13(23-3)4-5-15(14)21(16)2/h4-5,10,12H,6-9,11H2,1-3H3,(H2,18,19). The van der Waals surface area contributed by atoms with Crippen molar-refractivity contribution in [3.8, 4) is 5.75 Å². The summed E-state index contributed by atoms with van der Waals surface area (Å²) in [7, 11) is 3.67. The number of guanidine groups is 1. The molecular weight excluding hydrogens is 290 g/mol. The molecule has 3 rings (SSSR count). The predicted octanol–water partition coefficient (Wildman–Crippen LogP) is 2.13. The van der Waals surface area contributed by atoms with Crippen LogP contribution in [0.25, 0.3) is 11.0 Å². The van der Waals surface area contributed by atoms with Crippen molar-refractivity contribution < 1.29 is 4.74 Å². The van der Waals surface area contributed by atoms with Gasteiger partial charge >= 0.3 is 0 Å². The van der Waals surface area contributed by atoms with Gasteiger partial charge in [-0.1, -0.05) is 6.92 Å². The average molecular weight is 315 g/mol. The molecule has 23 heavy (non-hydrogen) atoms. The van der Waals surface area contributed by atoms with Gasteiger partial charge in [-0.25, -0.2) is 9.98 Å². The Labute approximate surface area is 137 Å². The van der Waals surface area contributed by atoms with Crippen LogP contribution < -0.4 is 10.5 Å². The molecule has 6 heteroatoms. The number of imidazole rings is 1. The van der Waals surface area contributed by atoms with E-state index >= 15 is 0 Å². The van der Waals surface area contributed by atoms with Gasteiger partial charge in [-0.15, -0.1) is 0 Å². The molecular formula is C17H25N5O. The van der Waals surface area contributed by atoms with E-state index in [0.717, 1.165) is 41.6 Å². The fraction of sp³-hybridized carbons (Fsp3) is 0.529. The fourth-order valence-corrected chi connectivity index (χ4v) is 2.99. The molecule has 0 atom stereocenters. The highest BCUT2D eigenvalue weighted by atomic mass is 16.5. The Hall–Kier alpha value is -2.24. The van der Waals surface area contributed by atoms with Gasteiger partial charge in [-0.3, -0.25) is 0 Å². The Morgan fingerprint density at radius 3 is 2.83 bits per heavy atom. The van der Waals surface area contributed by atoms with Gasteiger partial charge in [0.05, 0.1) is 18.1 Å². The SMILES string of the molecule is COc1ccc2c(c1)nc(CN=C(N)N1CCC(C)CC1)n2C. The van der Waals surface area contributed by atoms with E-state index in [9.17, 15) is 0 Å². The summed E-state index contributed by atoms with van der Waals surface area (Å²) in [6.07, 6.45) is 2.37. The lowest BCUT2D eigenvalue weighted by Gasteiger charge is -2.30. The van der Waals surface area contributed by atoms with Gasteiger partial charge in [0.25, 0.3) is 0 Å². The molecule has 0 aliphatic carbocycles. The minimum absolute atomic E-state index is 0.491. The summed E-state index contributed by atoms with van der Waals surface area (Å²) < 4.78 is 7.31. The van der Waals surface area contributed by atoms with E-state index in [0.29, 0.717) is 12.5 Å². The predicted molar refractivity (Wildman–Crippen MR) is 92.6 cm³/mol. The van der Waals surface area contributed by atoms with Crippen molar-refractivity contribution in [1.29, 1.82) is 0 Å². The summed E-state index contributed by atoms with van der Waals surface area (Å²) in [5.41, 5.74) is 8.14. The topological polar surface area (TPSA) is 68.7 Å². The average Bonchev–Trinajstić information content (AvgIpc) is 2.88. The van der Waals surface area contributed by atoms with Crippen LogP contribution in [0.1, 0.15) is 25.6 Å². The maximum absolute atomic E-state index is 6.15. The number of likely N-dealkylation sites (tertiary alicyclic amines) is 1. The lowest BCUT2D eigenvalue weighted by molar-refractivity contribution is 0.277. The summed E-state index contributed by atoms with van der Waals surface area (Å²) in [5.74, 6) is 3.13. The second-order valence-corrected chi connectivity index (χ2v) is 6.29. The summed E-state index contributed by atoms with van der Waals surface area (Å²) in [6.45, 7) is 4.77. The Balaban J connectivity index is 1.76. The second-order valence-electron chi connectivity index (χ2n) is 6.29. The van der Waals surface area contributed by atoms with E-state index in [4.69, 9.17) is 10.5 Å². The van der Waals surface area contributed by atoms with Gasteiger partial charge in [0, 0.05) is 26.2 Å². The Morgan fingerprint density at radius 2 is 2.13 bits per heavy atom. The van der Waals surface area contributed by atoms with Gasteiger partial charge in [-0.2, -0.15) is 0 Å². The van der Waals surface area contributed by atoms with E-state index < -0.39 is 0 Å². The smallest absolute Gasteiger partial charge is 0.191 e. The van der Waals surface area contributed by atoms with Crippen LogP contribution in [0.3, 0.4) is 0 Å². The quantitative estimate of drug-likeness (QED) is 0.696. The molecule has 0 spiro atoms. The number of benzene rings is 1. The number of fused-ring (bicyclic) bond motifs is 1. The van der Waals surface area contributed by atoms with Crippen molar-refractivity contribution in [3.05, 3.63) is 24.0 Å².